The van der Waals surface area contributed by atoms with Crippen molar-refractivity contribution in [1.82, 2.24) is 5.32 Å². The highest BCUT2D eigenvalue weighted by molar-refractivity contribution is 5.67. The Balaban J connectivity index is 1.68. The number of hydrogen-bond donors (Lipinski definition) is 2. The minimum Gasteiger partial charge on any atom is -0.445 e. The Hall–Kier alpha value is -1.55. The van der Waals surface area contributed by atoms with Gasteiger partial charge >= 0.3 is 6.09 Å². The van der Waals surface area contributed by atoms with Crippen molar-refractivity contribution in [1.29, 1.82) is 0 Å². The van der Waals surface area contributed by atoms with E-state index in [4.69, 9.17) is 10.5 Å². The summed E-state index contributed by atoms with van der Waals surface area (Å²) in [6.45, 7) is 0.796. The van der Waals surface area contributed by atoms with Crippen LogP contribution >= 0.6 is 0 Å². The van der Waals surface area contributed by atoms with Crippen molar-refractivity contribution < 1.29 is 9.53 Å². The van der Waals surface area contributed by atoms with E-state index in [0.717, 1.165) is 18.4 Å². The highest BCUT2D eigenvalue weighted by atomic mass is 16.5. The Morgan fingerprint density at radius 3 is 2.69 bits per heavy atom. The number of carbonyl (C=O) groups excluding carboxylic acids is 1. The number of nitrogens with one attached hydrogen (secondary N) is 1. The number of nitrogens with two attached hydrogens (primary N) is 1. The van der Waals surface area contributed by atoms with Gasteiger partial charge in [0.05, 0.1) is 0 Å². The van der Waals surface area contributed by atoms with Crippen LogP contribution in [0.4, 0.5) is 4.79 Å². The molecule has 2 rings (SSSR count). The molecule has 0 radical (unpaired) electrons. The second-order valence-electron chi connectivity index (χ2n) is 4.28. The third kappa shape index (κ3) is 3.24. The van der Waals surface area contributed by atoms with Crippen molar-refractivity contribution in [3.05, 3.63) is 35.9 Å². The molecular weight excluding hydrogens is 204 g/mol. The molecule has 1 amide bonds. The molecule has 0 unspecified atom stereocenters. The molecule has 0 spiro atoms. The zero-order chi connectivity index (χ0) is 11.4. The van der Waals surface area contributed by atoms with Gasteiger partial charge in [0.15, 0.2) is 0 Å². The average Bonchev–Trinajstić information content (AvgIpc) is 3.04. The Labute approximate surface area is 94.8 Å². The lowest BCUT2D eigenvalue weighted by Crippen LogP contribution is -2.39. The first-order chi connectivity index (χ1) is 7.68. The standard InChI is InChI=1S/C12H16N2O2/c13-12(6-7-12)9-14-11(15)16-8-10-4-2-1-3-5-10/h1-5H,6-9,13H2,(H,14,15). The van der Waals surface area contributed by atoms with Gasteiger partial charge in [-0.1, -0.05) is 30.3 Å². The molecule has 0 atom stereocenters. The molecule has 4 nitrogen and oxygen atoms in total. The molecule has 3 N–H and O–H groups in total. The molecule has 1 fully saturated rings. The van der Waals surface area contributed by atoms with Gasteiger partial charge in [0.1, 0.15) is 6.61 Å². The molecule has 0 aliphatic heterocycles. The second kappa shape index (κ2) is 4.53. The topological polar surface area (TPSA) is 64.3 Å². The normalized spacial score (nSPS) is 16.6. The number of amides is 1. The zero-order valence-electron chi connectivity index (χ0n) is 9.11. The fourth-order valence-corrected chi connectivity index (χ4v) is 1.36. The molecule has 1 saturated carbocycles. The van der Waals surface area contributed by atoms with Crippen molar-refractivity contribution in [2.24, 2.45) is 5.73 Å². The van der Waals surface area contributed by atoms with Gasteiger partial charge in [-0.15, -0.1) is 0 Å². The molecule has 0 saturated heterocycles. The van der Waals surface area contributed by atoms with Gasteiger partial charge in [0.2, 0.25) is 0 Å². The van der Waals surface area contributed by atoms with Gasteiger partial charge in [-0.3, -0.25) is 0 Å². The monoisotopic (exact) mass is 220 g/mol. The molecular formula is C12H16N2O2. The SMILES string of the molecule is NC1(CNC(=O)OCc2ccccc2)CC1. The van der Waals surface area contributed by atoms with E-state index in [1.54, 1.807) is 0 Å². The number of rotatable bonds is 4. The lowest BCUT2D eigenvalue weighted by molar-refractivity contribution is 0.138. The molecule has 0 aromatic heterocycles. The van der Waals surface area contributed by atoms with Crippen LogP contribution in [0.25, 0.3) is 0 Å². The summed E-state index contributed by atoms with van der Waals surface area (Å²) in [5, 5.41) is 2.67. The maximum Gasteiger partial charge on any atom is 0.407 e. The summed E-state index contributed by atoms with van der Waals surface area (Å²) in [6, 6.07) is 9.58. The smallest absolute Gasteiger partial charge is 0.407 e. The Bertz CT molecular complexity index is 361. The Morgan fingerprint density at radius 2 is 2.06 bits per heavy atom. The molecule has 1 aliphatic carbocycles. The number of benzene rings is 1. The first kappa shape index (κ1) is 11.0. The van der Waals surface area contributed by atoms with Gasteiger partial charge in [-0.05, 0) is 18.4 Å². The van der Waals surface area contributed by atoms with Crippen molar-refractivity contribution in [3.63, 3.8) is 0 Å². The largest absolute Gasteiger partial charge is 0.445 e. The van der Waals surface area contributed by atoms with Crippen molar-refractivity contribution in [2.45, 2.75) is 25.0 Å². The molecule has 0 bridgehead atoms. The van der Waals surface area contributed by atoms with E-state index in [-0.39, 0.29) is 5.54 Å². The predicted molar refractivity (Wildman–Crippen MR) is 60.8 cm³/mol. The summed E-state index contributed by atoms with van der Waals surface area (Å²) >= 11 is 0. The Kier molecular flexibility index (Phi) is 3.10. The third-order valence-electron chi connectivity index (χ3n) is 2.69. The average molecular weight is 220 g/mol. The first-order valence-electron chi connectivity index (χ1n) is 5.41. The zero-order valence-corrected chi connectivity index (χ0v) is 9.11. The van der Waals surface area contributed by atoms with E-state index < -0.39 is 6.09 Å². The summed E-state index contributed by atoms with van der Waals surface area (Å²) in [5.74, 6) is 0. The van der Waals surface area contributed by atoms with Crippen LogP contribution in [-0.4, -0.2) is 18.2 Å². The minimum absolute atomic E-state index is 0.175. The quantitative estimate of drug-likeness (QED) is 0.806. The summed E-state index contributed by atoms with van der Waals surface area (Å²) < 4.78 is 5.05. The predicted octanol–water partition coefficient (Wildman–Crippen LogP) is 1.40. The van der Waals surface area contributed by atoms with Gasteiger partial charge in [-0.2, -0.15) is 0 Å². The molecule has 1 aromatic carbocycles. The molecule has 4 heteroatoms. The number of alkyl carbamates (subject to hydrolysis) is 1. The number of hydrogen-bond acceptors (Lipinski definition) is 3. The van der Waals surface area contributed by atoms with Gasteiger partial charge < -0.3 is 15.8 Å². The van der Waals surface area contributed by atoms with E-state index in [9.17, 15) is 4.79 Å². The fourth-order valence-electron chi connectivity index (χ4n) is 1.36. The number of ether oxygens (including phenoxy) is 1. The van der Waals surface area contributed by atoms with Crippen molar-refractivity contribution >= 4 is 6.09 Å². The maximum atomic E-state index is 11.3. The maximum absolute atomic E-state index is 11.3. The Morgan fingerprint density at radius 1 is 1.38 bits per heavy atom. The third-order valence-corrected chi connectivity index (χ3v) is 2.69. The second-order valence-corrected chi connectivity index (χ2v) is 4.28. The molecule has 16 heavy (non-hydrogen) atoms. The lowest BCUT2D eigenvalue weighted by Gasteiger charge is -2.10. The summed E-state index contributed by atoms with van der Waals surface area (Å²) in [5.41, 5.74) is 6.64. The summed E-state index contributed by atoms with van der Waals surface area (Å²) in [4.78, 5) is 11.3. The van der Waals surface area contributed by atoms with Gasteiger partial charge in [0, 0.05) is 12.1 Å². The van der Waals surface area contributed by atoms with E-state index in [0.29, 0.717) is 13.2 Å². The fraction of sp³-hybridized carbons (Fsp3) is 0.417. The van der Waals surface area contributed by atoms with E-state index in [2.05, 4.69) is 5.32 Å². The van der Waals surface area contributed by atoms with Crippen molar-refractivity contribution in [3.8, 4) is 0 Å². The van der Waals surface area contributed by atoms with Crippen LogP contribution in [0.5, 0.6) is 0 Å². The molecule has 0 heterocycles. The van der Waals surface area contributed by atoms with E-state index in [1.807, 2.05) is 30.3 Å². The highest BCUT2D eigenvalue weighted by Gasteiger charge is 2.38. The van der Waals surface area contributed by atoms with Gasteiger partial charge in [-0.25, -0.2) is 4.79 Å². The summed E-state index contributed by atoms with van der Waals surface area (Å²) in [7, 11) is 0. The molecule has 86 valence electrons. The van der Waals surface area contributed by atoms with Crippen LogP contribution in [0.1, 0.15) is 18.4 Å². The van der Waals surface area contributed by atoms with Crippen LogP contribution in [0.3, 0.4) is 0 Å². The lowest BCUT2D eigenvalue weighted by atomic mass is 10.2. The van der Waals surface area contributed by atoms with Crippen LogP contribution in [-0.2, 0) is 11.3 Å². The highest BCUT2D eigenvalue weighted by Crippen LogP contribution is 2.30. The van der Waals surface area contributed by atoms with E-state index in [1.165, 1.54) is 0 Å². The first-order valence-corrected chi connectivity index (χ1v) is 5.41. The van der Waals surface area contributed by atoms with E-state index >= 15 is 0 Å². The van der Waals surface area contributed by atoms with Crippen molar-refractivity contribution in [2.75, 3.05) is 6.54 Å². The molecule has 1 aromatic rings. The van der Waals surface area contributed by atoms with Crippen LogP contribution in [0.15, 0.2) is 30.3 Å². The summed E-state index contributed by atoms with van der Waals surface area (Å²) in [6.07, 6.45) is 1.55. The van der Waals surface area contributed by atoms with Gasteiger partial charge in [0.25, 0.3) is 0 Å². The van der Waals surface area contributed by atoms with Crippen LogP contribution < -0.4 is 11.1 Å². The molecule has 1 aliphatic rings. The minimum atomic E-state index is -0.402. The number of carbonyl (C=O) groups is 1. The van der Waals surface area contributed by atoms with Crippen LogP contribution in [0, 0.1) is 0 Å². The van der Waals surface area contributed by atoms with Crippen LogP contribution in [0.2, 0.25) is 0 Å².